The van der Waals surface area contributed by atoms with Gasteiger partial charge in [-0.05, 0) is 36.6 Å². The molecule has 0 N–H and O–H groups in total. The Morgan fingerprint density at radius 2 is 2.24 bits per heavy atom. The third-order valence-electron chi connectivity index (χ3n) is 2.44. The van der Waals surface area contributed by atoms with Crippen LogP contribution in [0.3, 0.4) is 0 Å². The van der Waals surface area contributed by atoms with Crippen LogP contribution in [0.1, 0.15) is 29.2 Å². The summed E-state index contributed by atoms with van der Waals surface area (Å²) in [6.45, 7) is 4.09. The van der Waals surface area contributed by atoms with Gasteiger partial charge in [0.1, 0.15) is 0 Å². The standard InChI is InChI=1S/C13H14BrNO2/c1-3-17-13(16)6-10-4-9(2)12(7-14)11(5-10)8-15/h4-5H,3,6-7H2,1-2H3. The average Bonchev–Trinajstić information content (AvgIpc) is 2.28. The minimum absolute atomic E-state index is 0.214. The maximum absolute atomic E-state index is 11.4. The zero-order chi connectivity index (χ0) is 12.8. The van der Waals surface area contributed by atoms with Gasteiger partial charge in [-0.25, -0.2) is 0 Å². The molecule has 0 unspecified atom stereocenters. The summed E-state index contributed by atoms with van der Waals surface area (Å²) < 4.78 is 4.88. The molecule has 0 aromatic heterocycles. The lowest BCUT2D eigenvalue weighted by Crippen LogP contribution is -2.08. The summed E-state index contributed by atoms with van der Waals surface area (Å²) in [5, 5.41) is 9.69. The van der Waals surface area contributed by atoms with Crippen LogP contribution < -0.4 is 0 Å². The first-order valence-corrected chi connectivity index (χ1v) is 6.48. The van der Waals surface area contributed by atoms with Crippen molar-refractivity contribution in [1.82, 2.24) is 0 Å². The molecular weight excluding hydrogens is 282 g/mol. The van der Waals surface area contributed by atoms with Crippen molar-refractivity contribution in [2.45, 2.75) is 25.6 Å². The second kappa shape index (κ2) is 6.41. The van der Waals surface area contributed by atoms with Crippen LogP contribution in [0, 0.1) is 18.3 Å². The molecule has 0 radical (unpaired) electrons. The maximum Gasteiger partial charge on any atom is 0.310 e. The summed E-state index contributed by atoms with van der Waals surface area (Å²) in [7, 11) is 0. The van der Waals surface area contributed by atoms with Gasteiger partial charge in [-0.1, -0.05) is 22.0 Å². The van der Waals surface area contributed by atoms with Crippen LogP contribution in [0.25, 0.3) is 0 Å². The van der Waals surface area contributed by atoms with E-state index < -0.39 is 0 Å². The highest BCUT2D eigenvalue weighted by atomic mass is 79.9. The van der Waals surface area contributed by atoms with Gasteiger partial charge in [0.25, 0.3) is 0 Å². The van der Waals surface area contributed by atoms with Gasteiger partial charge in [0.15, 0.2) is 0 Å². The summed E-state index contributed by atoms with van der Waals surface area (Å²) in [5.74, 6) is -0.262. The molecule has 1 aromatic carbocycles. The zero-order valence-corrected chi connectivity index (χ0v) is 11.5. The van der Waals surface area contributed by atoms with E-state index in [1.165, 1.54) is 0 Å². The third-order valence-corrected chi connectivity index (χ3v) is 3.00. The number of esters is 1. The highest BCUT2D eigenvalue weighted by Gasteiger charge is 2.10. The number of nitrogens with zero attached hydrogens (tertiary/aromatic N) is 1. The molecule has 0 aliphatic rings. The molecule has 1 rings (SSSR count). The Kier molecular flexibility index (Phi) is 5.17. The Balaban J connectivity index is 3.00. The van der Waals surface area contributed by atoms with Crippen molar-refractivity contribution in [3.05, 3.63) is 34.4 Å². The summed E-state index contributed by atoms with van der Waals surface area (Å²) in [5.41, 5.74) is 3.42. The van der Waals surface area contributed by atoms with Gasteiger partial charge >= 0.3 is 5.97 Å². The number of carbonyl (C=O) groups excluding carboxylic acids is 1. The predicted octanol–water partition coefficient (Wildman–Crippen LogP) is 2.87. The summed E-state index contributed by atoms with van der Waals surface area (Å²) in [6, 6.07) is 5.83. The number of carbonyl (C=O) groups is 1. The van der Waals surface area contributed by atoms with Crippen LogP contribution in [0.15, 0.2) is 12.1 Å². The maximum atomic E-state index is 11.4. The number of hydrogen-bond donors (Lipinski definition) is 0. The Bertz CT molecular complexity index is 463. The van der Waals surface area contributed by atoms with Crippen molar-refractivity contribution in [3.63, 3.8) is 0 Å². The fourth-order valence-corrected chi connectivity index (χ4v) is 2.39. The highest BCUT2D eigenvalue weighted by Crippen LogP contribution is 2.20. The third kappa shape index (κ3) is 3.57. The average molecular weight is 296 g/mol. The normalized spacial score (nSPS) is 9.76. The van der Waals surface area contributed by atoms with Gasteiger partial charge in [0.05, 0.1) is 24.7 Å². The molecule has 0 heterocycles. The van der Waals surface area contributed by atoms with E-state index in [9.17, 15) is 4.79 Å². The van der Waals surface area contributed by atoms with Crippen LogP contribution >= 0.6 is 15.9 Å². The van der Waals surface area contributed by atoms with E-state index in [2.05, 4.69) is 22.0 Å². The smallest absolute Gasteiger partial charge is 0.310 e. The van der Waals surface area contributed by atoms with Crippen LogP contribution in [0.2, 0.25) is 0 Å². The molecule has 0 fully saturated rings. The first kappa shape index (κ1) is 13.7. The number of benzene rings is 1. The van der Waals surface area contributed by atoms with Crippen molar-refractivity contribution in [2.24, 2.45) is 0 Å². The van der Waals surface area contributed by atoms with Gasteiger partial charge in [-0.15, -0.1) is 0 Å². The van der Waals surface area contributed by atoms with Crippen molar-refractivity contribution >= 4 is 21.9 Å². The van der Waals surface area contributed by atoms with Gasteiger partial charge in [0, 0.05) is 5.33 Å². The topological polar surface area (TPSA) is 50.1 Å². The monoisotopic (exact) mass is 295 g/mol. The van der Waals surface area contributed by atoms with Crippen molar-refractivity contribution in [2.75, 3.05) is 6.61 Å². The quantitative estimate of drug-likeness (QED) is 0.634. The largest absolute Gasteiger partial charge is 0.466 e. The number of halogens is 1. The summed E-state index contributed by atoms with van der Waals surface area (Å²) in [6.07, 6.45) is 0.214. The number of ether oxygens (including phenoxy) is 1. The first-order valence-electron chi connectivity index (χ1n) is 5.36. The van der Waals surface area contributed by atoms with Crippen molar-refractivity contribution in [1.29, 1.82) is 5.26 Å². The number of alkyl halides is 1. The van der Waals surface area contributed by atoms with Crippen molar-refractivity contribution in [3.8, 4) is 6.07 Å². The minimum Gasteiger partial charge on any atom is -0.466 e. The predicted molar refractivity (Wildman–Crippen MR) is 68.9 cm³/mol. The molecular formula is C13H14BrNO2. The lowest BCUT2D eigenvalue weighted by atomic mass is 9.99. The van der Waals surface area contributed by atoms with E-state index >= 15 is 0 Å². The molecule has 0 saturated heterocycles. The van der Waals surface area contributed by atoms with Gasteiger partial charge < -0.3 is 4.74 Å². The SMILES string of the molecule is CCOC(=O)Cc1cc(C)c(CBr)c(C#N)c1. The van der Waals surface area contributed by atoms with Gasteiger partial charge in [-0.2, -0.15) is 5.26 Å². The van der Waals surface area contributed by atoms with Gasteiger partial charge in [0.2, 0.25) is 0 Å². The fourth-order valence-electron chi connectivity index (χ4n) is 1.65. The van der Waals surface area contributed by atoms with Crippen LogP contribution in [-0.2, 0) is 21.3 Å². The molecule has 0 saturated carbocycles. The lowest BCUT2D eigenvalue weighted by molar-refractivity contribution is -0.142. The van der Waals surface area contributed by atoms with E-state index in [-0.39, 0.29) is 12.4 Å². The second-order valence-corrected chi connectivity index (χ2v) is 4.23. The molecule has 0 aliphatic heterocycles. The Hall–Kier alpha value is -1.34. The van der Waals surface area contributed by atoms with E-state index in [1.807, 2.05) is 13.0 Å². The Morgan fingerprint density at radius 1 is 1.53 bits per heavy atom. The van der Waals surface area contributed by atoms with E-state index in [1.54, 1.807) is 13.0 Å². The molecule has 0 spiro atoms. The molecule has 3 nitrogen and oxygen atoms in total. The first-order chi connectivity index (χ1) is 8.12. The van der Waals surface area contributed by atoms with E-state index in [0.29, 0.717) is 17.5 Å². The van der Waals surface area contributed by atoms with E-state index in [0.717, 1.165) is 16.7 Å². The Morgan fingerprint density at radius 3 is 2.76 bits per heavy atom. The van der Waals surface area contributed by atoms with Crippen molar-refractivity contribution < 1.29 is 9.53 Å². The molecule has 0 aliphatic carbocycles. The van der Waals surface area contributed by atoms with Crippen LogP contribution in [0.5, 0.6) is 0 Å². The number of hydrogen-bond acceptors (Lipinski definition) is 3. The number of rotatable bonds is 4. The minimum atomic E-state index is -0.262. The molecule has 0 atom stereocenters. The number of nitriles is 1. The Labute approximate surface area is 110 Å². The zero-order valence-electron chi connectivity index (χ0n) is 9.92. The van der Waals surface area contributed by atoms with Crippen LogP contribution in [0.4, 0.5) is 0 Å². The molecule has 90 valence electrons. The summed E-state index contributed by atoms with van der Waals surface area (Å²) >= 11 is 3.36. The highest BCUT2D eigenvalue weighted by molar-refractivity contribution is 9.08. The lowest BCUT2D eigenvalue weighted by Gasteiger charge is -2.08. The molecule has 4 heteroatoms. The molecule has 17 heavy (non-hydrogen) atoms. The second-order valence-electron chi connectivity index (χ2n) is 3.67. The molecule has 0 amide bonds. The summed E-state index contributed by atoms with van der Waals surface area (Å²) in [4.78, 5) is 11.4. The fraction of sp³-hybridized carbons (Fsp3) is 0.385. The molecule has 0 bridgehead atoms. The van der Waals surface area contributed by atoms with E-state index in [4.69, 9.17) is 10.00 Å². The van der Waals surface area contributed by atoms with Crippen LogP contribution in [-0.4, -0.2) is 12.6 Å². The number of aryl methyl sites for hydroxylation is 1. The van der Waals surface area contributed by atoms with Gasteiger partial charge in [-0.3, -0.25) is 4.79 Å². The molecule has 1 aromatic rings.